The van der Waals surface area contributed by atoms with Crippen molar-refractivity contribution in [3.05, 3.63) is 65.2 Å². The van der Waals surface area contributed by atoms with Gasteiger partial charge in [0.25, 0.3) is 11.8 Å². The number of fused-ring (bicyclic) bond motifs is 1. The van der Waals surface area contributed by atoms with Gasteiger partial charge in [0.05, 0.1) is 35.9 Å². The van der Waals surface area contributed by atoms with Crippen LogP contribution in [0, 0.1) is 0 Å². The molecule has 140 valence electrons. The number of benzene rings is 2. The van der Waals surface area contributed by atoms with Crippen molar-refractivity contribution in [3.8, 4) is 0 Å². The van der Waals surface area contributed by atoms with Crippen LogP contribution in [0.4, 0.5) is 5.69 Å². The molecule has 1 aliphatic heterocycles. The minimum Gasteiger partial charge on any atom is -0.462 e. The molecular weight excluding hydrogens is 348 g/mol. The summed E-state index contributed by atoms with van der Waals surface area (Å²) in [6.45, 7) is 2.10. The summed E-state index contributed by atoms with van der Waals surface area (Å²) in [5.74, 6) is -1.18. The Morgan fingerprint density at radius 3 is 2.22 bits per heavy atom. The van der Waals surface area contributed by atoms with Crippen LogP contribution in [0.25, 0.3) is 0 Å². The fourth-order valence-corrected chi connectivity index (χ4v) is 2.85. The lowest BCUT2D eigenvalue weighted by Gasteiger charge is -2.19. The van der Waals surface area contributed by atoms with Crippen molar-refractivity contribution in [1.29, 1.82) is 0 Å². The first kappa shape index (κ1) is 18.6. The van der Waals surface area contributed by atoms with Gasteiger partial charge in [0.15, 0.2) is 0 Å². The van der Waals surface area contributed by atoms with Crippen molar-refractivity contribution in [1.82, 2.24) is 4.90 Å². The molecule has 1 heterocycles. The summed E-state index contributed by atoms with van der Waals surface area (Å²) in [6.07, 6.45) is -0.933. The van der Waals surface area contributed by atoms with E-state index in [1.54, 1.807) is 55.5 Å². The van der Waals surface area contributed by atoms with Gasteiger partial charge < -0.3 is 15.2 Å². The smallest absolute Gasteiger partial charge is 0.338 e. The standard InChI is InChI=1S/C20H20N2O5/c1-2-27-20(26)13-7-9-14(10-8-13)21-11-15(23)12-22-18(24)16-5-3-4-6-17(16)19(22)25/h3-10,15,21,23H,2,11-12H2,1H3. The third kappa shape index (κ3) is 3.98. The number of imide groups is 1. The van der Waals surface area contributed by atoms with Crippen LogP contribution >= 0.6 is 0 Å². The second-order valence-electron chi connectivity index (χ2n) is 6.10. The van der Waals surface area contributed by atoms with Crippen molar-refractivity contribution in [2.75, 3.05) is 25.0 Å². The van der Waals surface area contributed by atoms with E-state index in [1.807, 2.05) is 0 Å². The molecular formula is C20H20N2O5. The lowest BCUT2D eigenvalue weighted by molar-refractivity contribution is 0.0523. The van der Waals surface area contributed by atoms with Crippen molar-refractivity contribution in [3.63, 3.8) is 0 Å². The molecule has 1 atom stereocenters. The van der Waals surface area contributed by atoms with E-state index in [4.69, 9.17) is 4.74 Å². The number of hydrogen-bond donors (Lipinski definition) is 2. The number of amides is 2. The van der Waals surface area contributed by atoms with E-state index in [0.717, 1.165) is 4.90 Å². The first-order valence-corrected chi connectivity index (χ1v) is 8.65. The topological polar surface area (TPSA) is 95.9 Å². The lowest BCUT2D eigenvalue weighted by Crippen LogP contribution is -2.39. The maximum atomic E-state index is 12.3. The molecule has 2 N–H and O–H groups in total. The molecule has 0 bridgehead atoms. The van der Waals surface area contributed by atoms with Gasteiger partial charge in [-0.2, -0.15) is 0 Å². The zero-order valence-electron chi connectivity index (χ0n) is 14.8. The molecule has 0 aromatic heterocycles. The van der Waals surface area contributed by atoms with Gasteiger partial charge in [0, 0.05) is 12.2 Å². The van der Waals surface area contributed by atoms with Gasteiger partial charge in [-0.05, 0) is 43.3 Å². The summed E-state index contributed by atoms with van der Waals surface area (Å²) in [6, 6.07) is 13.2. The third-order valence-corrected chi connectivity index (χ3v) is 4.21. The fraction of sp³-hybridized carbons (Fsp3) is 0.250. The highest BCUT2D eigenvalue weighted by Crippen LogP contribution is 2.22. The Morgan fingerprint density at radius 2 is 1.67 bits per heavy atom. The Bertz CT molecular complexity index is 828. The summed E-state index contributed by atoms with van der Waals surface area (Å²) in [5, 5.41) is 13.2. The molecule has 0 spiro atoms. The van der Waals surface area contributed by atoms with Gasteiger partial charge in [0.1, 0.15) is 0 Å². The molecule has 1 unspecified atom stereocenters. The van der Waals surface area contributed by atoms with Gasteiger partial charge in [-0.3, -0.25) is 14.5 Å². The molecule has 1 aliphatic rings. The molecule has 0 saturated heterocycles. The number of ether oxygens (including phenoxy) is 1. The maximum Gasteiger partial charge on any atom is 0.338 e. The molecule has 0 aliphatic carbocycles. The van der Waals surface area contributed by atoms with E-state index in [2.05, 4.69) is 5.32 Å². The Kier molecular flexibility index (Phi) is 5.52. The summed E-state index contributed by atoms with van der Waals surface area (Å²) >= 11 is 0. The van der Waals surface area contributed by atoms with Gasteiger partial charge in [0.2, 0.25) is 0 Å². The van der Waals surface area contributed by atoms with Crippen molar-refractivity contribution in [2.45, 2.75) is 13.0 Å². The molecule has 0 fully saturated rings. The predicted molar refractivity (Wildman–Crippen MR) is 98.7 cm³/mol. The number of β-amino-alcohol motifs (C(OH)–C–C–N with tert-alkyl or cyclic N) is 1. The van der Waals surface area contributed by atoms with Crippen LogP contribution in [0.1, 0.15) is 38.0 Å². The van der Waals surface area contributed by atoms with E-state index in [0.29, 0.717) is 29.0 Å². The van der Waals surface area contributed by atoms with Gasteiger partial charge >= 0.3 is 5.97 Å². The molecule has 7 heteroatoms. The molecule has 2 aromatic rings. The Hall–Kier alpha value is -3.19. The summed E-state index contributed by atoms with van der Waals surface area (Å²) in [4.78, 5) is 37.3. The number of esters is 1. The second-order valence-corrected chi connectivity index (χ2v) is 6.10. The number of aliphatic hydroxyl groups is 1. The van der Waals surface area contributed by atoms with Crippen LogP contribution in [-0.2, 0) is 4.74 Å². The Morgan fingerprint density at radius 1 is 1.07 bits per heavy atom. The minimum atomic E-state index is -0.933. The van der Waals surface area contributed by atoms with E-state index >= 15 is 0 Å². The van der Waals surface area contributed by atoms with Crippen LogP contribution in [0.15, 0.2) is 48.5 Å². The molecule has 2 aromatic carbocycles. The van der Waals surface area contributed by atoms with Crippen LogP contribution < -0.4 is 5.32 Å². The van der Waals surface area contributed by atoms with Gasteiger partial charge in [-0.1, -0.05) is 12.1 Å². The number of carbonyl (C=O) groups is 3. The number of carbonyl (C=O) groups excluding carboxylic acids is 3. The summed E-state index contributed by atoms with van der Waals surface area (Å²) in [7, 11) is 0. The number of anilines is 1. The Labute approximate surface area is 156 Å². The van der Waals surface area contributed by atoms with Crippen LogP contribution in [0.3, 0.4) is 0 Å². The molecule has 0 radical (unpaired) electrons. The van der Waals surface area contributed by atoms with Crippen molar-refractivity contribution in [2.24, 2.45) is 0 Å². The average molecular weight is 368 g/mol. The highest BCUT2D eigenvalue weighted by atomic mass is 16.5. The quantitative estimate of drug-likeness (QED) is 0.573. The van der Waals surface area contributed by atoms with E-state index < -0.39 is 23.9 Å². The SMILES string of the molecule is CCOC(=O)c1ccc(NCC(O)CN2C(=O)c3ccccc3C2=O)cc1. The first-order valence-electron chi connectivity index (χ1n) is 8.65. The third-order valence-electron chi connectivity index (χ3n) is 4.21. The van der Waals surface area contributed by atoms with E-state index in [-0.39, 0.29) is 13.1 Å². The van der Waals surface area contributed by atoms with Crippen LogP contribution in [-0.4, -0.2) is 53.6 Å². The normalized spacial score (nSPS) is 14.1. The highest BCUT2D eigenvalue weighted by Gasteiger charge is 2.35. The minimum absolute atomic E-state index is 0.0970. The van der Waals surface area contributed by atoms with Crippen LogP contribution in [0.2, 0.25) is 0 Å². The van der Waals surface area contributed by atoms with Gasteiger partial charge in [-0.25, -0.2) is 4.79 Å². The fourth-order valence-electron chi connectivity index (χ4n) is 2.85. The largest absolute Gasteiger partial charge is 0.462 e. The maximum absolute atomic E-state index is 12.3. The zero-order chi connectivity index (χ0) is 19.4. The first-order chi connectivity index (χ1) is 13.0. The van der Waals surface area contributed by atoms with Crippen molar-refractivity contribution < 1.29 is 24.2 Å². The number of aliphatic hydroxyl groups excluding tert-OH is 1. The van der Waals surface area contributed by atoms with Crippen LogP contribution in [0.5, 0.6) is 0 Å². The molecule has 0 saturated carbocycles. The molecule has 7 nitrogen and oxygen atoms in total. The van der Waals surface area contributed by atoms with Gasteiger partial charge in [-0.15, -0.1) is 0 Å². The lowest BCUT2D eigenvalue weighted by atomic mass is 10.1. The number of hydrogen-bond acceptors (Lipinski definition) is 6. The highest BCUT2D eigenvalue weighted by molar-refractivity contribution is 6.21. The second kappa shape index (κ2) is 8.01. The van der Waals surface area contributed by atoms with Crippen molar-refractivity contribution >= 4 is 23.5 Å². The number of nitrogens with zero attached hydrogens (tertiary/aromatic N) is 1. The summed E-state index contributed by atoms with van der Waals surface area (Å²) < 4.78 is 4.92. The molecule has 2 amide bonds. The number of nitrogens with one attached hydrogen (secondary N) is 1. The summed E-state index contributed by atoms with van der Waals surface area (Å²) in [5.41, 5.74) is 1.85. The molecule has 27 heavy (non-hydrogen) atoms. The monoisotopic (exact) mass is 368 g/mol. The van der Waals surface area contributed by atoms with E-state index in [9.17, 15) is 19.5 Å². The predicted octanol–water partition coefficient (Wildman–Crippen LogP) is 1.93. The zero-order valence-corrected chi connectivity index (χ0v) is 14.8. The molecule has 3 rings (SSSR count). The number of rotatable bonds is 7. The van der Waals surface area contributed by atoms with E-state index in [1.165, 1.54) is 0 Å². The average Bonchev–Trinajstić information content (AvgIpc) is 2.92. The Balaban J connectivity index is 1.55.